The molecule has 0 aromatic heterocycles. The van der Waals surface area contributed by atoms with Crippen molar-refractivity contribution in [1.29, 1.82) is 0 Å². The minimum Gasteiger partial charge on any atom is -0.382 e. The maximum atomic E-state index is 12.9. The van der Waals surface area contributed by atoms with E-state index in [4.69, 9.17) is 0 Å². The fourth-order valence-corrected chi connectivity index (χ4v) is 2.81. The predicted molar refractivity (Wildman–Crippen MR) is 44.3 cm³/mol. The van der Waals surface area contributed by atoms with E-state index in [-0.39, 0.29) is 12.3 Å². The molecule has 0 saturated heterocycles. The van der Waals surface area contributed by atoms with E-state index in [9.17, 15) is 13.9 Å². The highest BCUT2D eigenvalue weighted by molar-refractivity contribution is 9.10. The van der Waals surface area contributed by atoms with Crippen LogP contribution in [0.4, 0.5) is 8.78 Å². The molecule has 12 heavy (non-hydrogen) atoms. The number of hydrogen-bond donors (Lipinski definition) is 1. The van der Waals surface area contributed by atoms with Crippen LogP contribution in [0.3, 0.4) is 0 Å². The van der Waals surface area contributed by atoms with Gasteiger partial charge in [0.2, 0.25) is 0 Å². The zero-order valence-corrected chi connectivity index (χ0v) is 8.15. The Morgan fingerprint density at radius 2 is 2.17 bits per heavy atom. The number of halogens is 3. The highest BCUT2D eigenvalue weighted by atomic mass is 79.9. The Kier molecular flexibility index (Phi) is 1.78. The SMILES string of the molecule is OC1(C(F)(F)Br)CCCC2CC21. The molecule has 2 fully saturated rings. The maximum Gasteiger partial charge on any atom is 0.329 e. The highest BCUT2D eigenvalue weighted by Gasteiger charge is 2.64. The van der Waals surface area contributed by atoms with E-state index in [1.165, 1.54) is 0 Å². The van der Waals surface area contributed by atoms with Crippen molar-refractivity contribution in [2.45, 2.75) is 36.1 Å². The van der Waals surface area contributed by atoms with Crippen LogP contribution in [0.15, 0.2) is 0 Å². The quantitative estimate of drug-likeness (QED) is 0.699. The first kappa shape index (κ1) is 8.88. The summed E-state index contributed by atoms with van der Waals surface area (Å²) in [6.45, 7) is 0. The number of alkyl halides is 3. The number of fused-ring (bicyclic) bond motifs is 1. The smallest absolute Gasteiger partial charge is 0.329 e. The summed E-state index contributed by atoms with van der Waals surface area (Å²) in [5.41, 5.74) is -1.77. The lowest BCUT2D eigenvalue weighted by Gasteiger charge is -2.35. The number of aliphatic hydroxyl groups is 1. The van der Waals surface area contributed by atoms with Gasteiger partial charge in [-0.3, -0.25) is 0 Å². The number of hydrogen-bond acceptors (Lipinski definition) is 1. The molecule has 2 rings (SSSR count). The lowest BCUT2D eigenvalue weighted by atomic mass is 9.85. The van der Waals surface area contributed by atoms with Crippen LogP contribution < -0.4 is 0 Å². The molecule has 0 aromatic rings. The Morgan fingerprint density at radius 3 is 2.67 bits per heavy atom. The molecule has 1 N–H and O–H groups in total. The second kappa shape index (κ2) is 2.41. The molecule has 3 unspecified atom stereocenters. The second-order valence-corrected chi connectivity index (χ2v) is 4.91. The topological polar surface area (TPSA) is 20.2 Å². The Balaban J connectivity index is 2.19. The Morgan fingerprint density at radius 1 is 1.50 bits per heavy atom. The molecule has 2 saturated carbocycles. The van der Waals surface area contributed by atoms with E-state index in [1.54, 1.807) is 0 Å². The molecule has 0 bridgehead atoms. The van der Waals surface area contributed by atoms with Crippen LogP contribution in [-0.4, -0.2) is 15.5 Å². The van der Waals surface area contributed by atoms with Gasteiger partial charge in [-0.05, 0) is 47.0 Å². The van der Waals surface area contributed by atoms with Crippen molar-refractivity contribution in [2.75, 3.05) is 0 Å². The normalized spacial score (nSPS) is 47.0. The molecule has 0 amide bonds. The molecule has 0 heterocycles. The molecule has 0 aromatic carbocycles. The average Bonchev–Trinajstić information content (AvgIpc) is 2.64. The monoisotopic (exact) mass is 240 g/mol. The largest absolute Gasteiger partial charge is 0.382 e. The molecule has 4 heteroatoms. The van der Waals surface area contributed by atoms with E-state index in [2.05, 4.69) is 15.9 Å². The third kappa shape index (κ3) is 1.11. The molecule has 0 spiro atoms. The summed E-state index contributed by atoms with van der Waals surface area (Å²) in [4.78, 5) is -3.11. The first-order valence-corrected chi connectivity index (χ1v) is 5.03. The zero-order valence-electron chi connectivity index (χ0n) is 6.56. The molecule has 70 valence electrons. The van der Waals surface area contributed by atoms with Crippen molar-refractivity contribution < 1.29 is 13.9 Å². The Labute approximate surface area is 78.3 Å². The van der Waals surface area contributed by atoms with Gasteiger partial charge >= 0.3 is 4.83 Å². The second-order valence-electron chi connectivity index (χ2n) is 3.92. The van der Waals surface area contributed by atoms with Crippen LogP contribution >= 0.6 is 15.9 Å². The minimum atomic E-state index is -3.11. The molecular formula is C8H11BrF2O. The van der Waals surface area contributed by atoms with E-state index in [0.717, 1.165) is 19.3 Å². The van der Waals surface area contributed by atoms with Gasteiger partial charge < -0.3 is 5.11 Å². The Hall–Kier alpha value is 0.300. The molecule has 0 radical (unpaired) electrons. The minimum absolute atomic E-state index is 0.166. The summed E-state index contributed by atoms with van der Waals surface area (Å²) in [5, 5.41) is 9.72. The third-order valence-corrected chi connectivity index (χ3v) is 3.85. The fraction of sp³-hybridized carbons (Fsp3) is 1.00. The third-order valence-electron chi connectivity index (χ3n) is 3.16. The van der Waals surface area contributed by atoms with Gasteiger partial charge in [-0.1, -0.05) is 6.42 Å². The van der Waals surface area contributed by atoms with Crippen LogP contribution in [0.2, 0.25) is 0 Å². The van der Waals surface area contributed by atoms with Crippen LogP contribution in [0.25, 0.3) is 0 Å². The van der Waals surface area contributed by atoms with Gasteiger partial charge in [-0.25, -0.2) is 0 Å². The van der Waals surface area contributed by atoms with Gasteiger partial charge in [0.25, 0.3) is 0 Å². The zero-order chi connectivity index (χ0) is 8.98. The lowest BCUT2D eigenvalue weighted by Crippen LogP contribution is -2.48. The summed E-state index contributed by atoms with van der Waals surface area (Å²) in [6.07, 6.45) is 2.74. The van der Waals surface area contributed by atoms with Gasteiger partial charge in [0.15, 0.2) is 0 Å². The summed E-state index contributed by atoms with van der Waals surface area (Å²) >= 11 is 2.28. The van der Waals surface area contributed by atoms with E-state index < -0.39 is 10.4 Å². The molecule has 0 aliphatic heterocycles. The van der Waals surface area contributed by atoms with Gasteiger partial charge in [0, 0.05) is 0 Å². The van der Waals surface area contributed by atoms with Crippen molar-refractivity contribution in [3.05, 3.63) is 0 Å². The molecule has 2 aliphatic carbocycles. The highest BCUT2D eigenvalue weighted by Crippen LogP contribution is 2.60. The summed E-state index contributed by atoms with van der Waals surface area (Å²) < 4.78 is 25.9. The van der Waals surface area contributed by atoms with Gasteiger partial charge in [-0.15, -0.1) is 0 Å². The summed E-state index contributed by atoms with van der Waals surface area (Å²) in [7, 11) is 0. The van der Waals surface area contributed by atoms with Gasteiger partial charge in [0.1, 0.15) is 5.60 Å². The first-order valence-electron chi connectivity index (χ1n) is 4.24. The molecule has 3 atom stereocenters. The van der Waals surface area contributed by atoms with Crippen LogP contribution in [0.5, 0.6) is 0 Å². The van der Waals surface area contributed by atoms with Crippen molar-refractivity contribution in [3.63, 3.8) is 0 Å². The average molecular weight is 241 g/mol. The number of rotatable bonds is 1. The van der Waals surface area contributed by atoms with Crippen LogP contribution in [0.1, 0.15) is 25.7 Å². The van der Waals surface area contributed by atoms with Crippen molar-refractivity contribution in [2.24, 2.45) is 11.8 Å². The van der Waals surface area contributed by atoms with Crippen molar-refractivity contribution in [3.8, 4) is 0 Å². The van der Waals surface area contributed by atoms with Gasteiger partial charge in [-0.2, -0.15) is 8.78 Å². The molecule has 1 nitrogen and oxygen atoms in total. The molecule has 2 aliphatic rings. The predicted octanol–water partition coefficient (Wildman–Crippen LogP) is 2.53. The summed E-state index contributed by atoms with van der Waals surface area (Å²) in [6, 6.07) is 0. The van der Waals surface area contributed by atoms with Crippen molar-refractivity contribution >= 4 is 15.9 Å². The first-order chi connectivity index (χ1) is 5.45. The molecular weight excluding hydrogens is 230 g/mol. The Bertz CT molecular complexity index is 204. The standard InChI is InChI=1S/C8H11BrF2O/c9-8(10,11)7(12)3-1-2-5-4-6(5)7/h5-6,12H,1-4H2. The van der Waals surface area contributed by atoms with E-state index >= 15 is 0 Å². The maximum absolute atomic E-state index is 12.9. The van der Waals surface area contributed by atoms with E-state index in [1.807, 2.05) is 0 Å². The van der Waals surface area contributed by atoms with Crippen LogP contribution in [0, 0.1) is 11.8 Å². The van der Waals surface area contributed by atoms with E-state index in [0.29, 0.717) is 5.92 Å². The summed E-state index contributed by atoms with van der Waals surface area (Å²) in [5.74, 6) is 0.188. The lowest BCUT2D eigenvalue weighted by molar-refractivity contribution is -0.144. The van der Waals surface area contributed by atoms with Gasteiger partial charge in [0.05, 0.1) is 0 Å². The van der Waals surface area contributed by atoms with Crippen LogP contribution in [-0.2, 0) is 0 Å². The fourth-order valence-electron chi connectivity index (χ4n) is 2.32. The van der Waals surface area contributed by atoms with Crippen molar-refractivity contribution in [1.82, 2.24) is 0 Å².